The second-order valence-corrected chi connectivity index (χ2v) is 11.2. The fourth-order valence-corrected chi connectivity index (χ4v) is 6.26. The fourth-order valence-electron chi connectivity index (χ4n) is 3.19. The molecule has 0 radical (unpaired) electrons. The number of nitrogen functional groups attached to an aromatic ring is 1. The van der Waals surface area contributed by atoms with Crippen LogP contribution in [0.3, 0.4) is 0 Å². The summed E-state index contributed by atoms with van der Waals surface area (Å²) in [6, 6.07) is 1.28. The summed E-state index contributed by atoms with van der Waals surface area (Å²) in [5.74, 6) is -0.0709. The predicted octanol–water partition coefficient (Wildman–Crippen LogP) is -1.41. The van der Waals surface area contributed by atoms with Gasteiger partial charge in [0, 0.05) is 6.20 Å². The van der Waals surface area contributed by atoms with Gasteiger partial charge in [0.05, 0.1) is 13.2 Å². The third-order valence-corrected chi connectivity index (χ3v) is 8.28. The van der Waals surface area contributed by atoms with Gasteiger partial charge in [-0.25, -0.2) is 18.5 Å². The molecule has 0 saturated carbocycles. The Morgan fingerprint density at radius 3 is 2.48 bits per heavy atom. The lowest BCUT2D eigenvalue weighted by Gasteiger charge is -2.34. The molecule has 17 nitrogen and oxygen atoms in total. The first-order valence-corrected chi connectivity index (χ1v) is 12.6. The third-order valence-electron chi connectivity index (χ3n) is 4.50. The number of anilines is 1. The van der Waals surface area contributed by atoms with Crippen molar-refractivity contribution in [2.75, 3.05) is 18.9 Å². The van der Waals surface area contributed by atoms with Gasteiger partial charge in [0.15, 0.2) is 6.23 Å². The molecular weight excluding hydrogens is 491 g/mol. The van der Waals surface area contributed by atoms with E-state index in [0.717, 1.165) is 4.57 Å². The van der Waals surface area contributed by atoms with Crippen LogP contribution in [0.2, 0.25) is 0 Å². The van der Waals surface area contributed by atoms with Gasteiger partial charge in [0.1, 0.15) is 23.1 Å². The summed E-state index contributed by atoms with van der Waals surface area (Å²) in [7, 11) is -16.7. The summed E-state index contributed by atoms with van der Waals surface area (Å²) in [4.78, 5) is 51.5. The topological polar surface area (TPSA) is 259 Å². The van der Waals surface area contributed by atoms with Gasteiger partial charge in [-0.05, 0) is 13.0 Å². The molecule has 0 aliphatic carbocycles. The van der Waals surface area contributed by atoms with E-state index in [4.69, 9.17) is 25.0 Å². The monoisotopic (exact) mass is 509 g/mol. The van der Waals surface area contributed by atoms with E-state index in [9.17, 15) is 33.4 Å². The summed E-state index contributed by atoms with van der Waals surface area (Å²) in [5, 5.41) is 10.7. The molecule has 6 atom stereocenters. The zero-order valence-electron chi connectivity index (χ0n) is 15.4. The zero-order chi connectivity index (χ0) is 23.5. The van der Waals surface area contributed by atoms with Crippen molar-refractivity contribution in [2.24, 2.45) is 0 Å². The Kier molecular flexibility index (Phi) is 6.18. The van der Waals surface area contributed by atoms with Crippen molar-refractivity contribution in [3.63, 3.8) is 0 Å². The van der Waals surface area contributed by atoms with Gasteiger partial charge in [0.2, 0.25) is 0 Å². The SMILES string of the molecule is C[C@]12OC[C@](COP(=O)(O)OP(=O)(O)OP(=O)(O)O)(O[C@H]1n1ccc(N)nc1=O)[C@H]2O. The van der Waals surface area contributed by atoms with Crippen molar-refractivity contribution in [3.8, 4) is 0 Å². The Morgan fingerprint density at radius 2 is 1.90 bits per heavy atom. The molecule has 2 unspecified atom stereocenters. The molecule has 1 aromatic rings. The third kappa shape index (κ3) is 4.99. The molecule has 3 rings (SSSR count). The van der Waals surface area contributed by atoms with Crippen molar-refractivity contribution in [2.45, 2.75) is 30.5 Å². The van der Waals surface area contributed by atoms with Crippen LogP contribution in [0.1, 0.15) is 13.2 Å². The van der Waals surface area contributed by atoms with Crippen molar-refractivity contribution in [3.05, 3.63) is 22.7 Å². The molecule has 2 bridgehead atoms. The molecule has 7 N–H and O–H groups in total. The highest BCUT2D eigenvalue weighted by atomic mass is 31.3. The summed E-state index contributed by atoms with van der Waals surface area (Å²) in [5.41, 5.74) is 1.24. The first-order valence-electron chi connectivity index (χ1n) is 8.12. The average Bonchev–Trinajstić information content (AvgIpc) is 2.94. The van der Waals surface area contributed by atoms with Gasteiger partial charge in [-0.1, -0.05) is 0 Å². The number of hydrogen-bond acceptors (Lipinski definition) is 12. The highest BCUT2D eigenvalue weighted by molar-refractivity contribution is 7.66. The van der Waals surface area contributed by atoms with Crippen molar-refractivity contribution in [1.82, 2.24) is 9.55 Å². The number of aliphatic hydroxyl groups excluding tert-OH is 1. The van der Waals surface area contributed by atoms with E-state index < -0.39 is 59.3 Å². The molecule has 3 heterocycles. The van der Waals surface area contributed by atoms with Crippen LogP contribution in [-0.2, 0) is 36.3 Å². The molecule has 1 aromatic heterocycles. The van der Waals surface area contributed by atoms with Crippen molar-refractivity contribution >= 4 is 29.3 Å². The number of ether oxygens (including phenoxy) is 2. The lowest BCUT2D eigenvalue weighted by molar-refractivity contribution is -0.212. The molecule has 31 heavy (non-hydrogen) atoms. The number of phosphoric ester groups is 1. The highest BCUT2D eigenvalue weighted by Crippen LogP contribution is 2.66. The van der Waals surface area contributed by atoms with Gasteiger partial charge in [-0.2, -0.15) is 13.6 Å². The Morgan fingerprint density at radius 1 is 1.26 bits per heavy atom. The molecule has 2 aliphatic heterocycles. The number of rotatable bonds is 8. The maximum atomic E-state index is 12.1. The fraction of sp³-hybridized carbons (Fsp3) is 0.636. The van der Waals surface area contributed by atoms with E-state index in [2.05, 4.69) is 18.1 Å². The average molecular weight is 509 g/mol. The maximum absolute atomic E-state index is 12.1. The summed E-state index contributed by atoms with van der Waals surface area (Å²) in [6.45, 7) is 0.0555. The number of nitrogens with two attached hydrogens (primary N) is 1. The number of nitrogens with zero attached hydrogens (tertiary/aromatic N) is 2. The minimum absolute atomic E-state index is 0.0709. The standard InChI is InChI=1S/C11H18N3O14P3/c1-10-7(15)11(4-24-10,26-8(10)14-3-2-6(12)13-9(14)16)5-25-30(20,21)28-31(22,23)27-29(17,18)19/h2-3,7-8,15H,4-5H2,1H3,(H,20,21)(H,22,23)(H2,12,13,16)(H2,17,18,19)/t7-,8+,10+,11+/m0/s1. The molecular formula is C11H18N3O14P3. The smallest absolute Gasteiger partial charge is 0.387 e. The minimum Gasteiger partial charge on any atom is -0.387 e. The summed E-state index contributed by atoms with van der Waals surface area (Å²) >= 11 is 0. The van der Waals surface area contributed by atoms with Crippen LogP contribution in [0.25, 0.3) is 0 Å². The molecule has 2 aliphatic rings. The quantitative estimate of drug-likeness (QED) is 0.220. The van der Waals surface area contributed by atoms with E-state index in [1.165, 1.54) is 19.2 Å². The normalized spacial score (nSPS) is 34.4. The van der Waals surface area contributed by atoms with Crippen LogP contribution in [0.4, 0.5) is 5.82 Å². The van der Waals surface area contributed by atoms with Gasteiger partial charge in [0.25, 0.3) is 0 Å². The van der Waals surface area contributed by atoms with Crippen molar-refractivity contribution < 1.29 is 61.0 Å². The zero-order valence-corrected chi connectivity index (χ0v) is 18.1. The largest absolute Gasteiger partial charge is 0.490 e. The van der Waals surface area contributed by atoms with Gasteiger partial charge in [-0.3, -0.25) is 9.09 Å². The molecule has 2 fully saturated rings. The minimum atomic E-state index is -5.72. The maximum Gasteiger partial charge on any atom is 0.490 e. The second kappa shape index (κ2) is 7.78. The first kappa shape index (κ1) is 24.6. The number of aromatic nitrogens is 2. The highest BCUT2D eigenvalue weighted by Gasteiger charge is 2.69. The number of fused-ring (bicyclic) bond motifs is 2. The Bertz CT molecular complexity index is 1070. The van der Waals surface area contributed by atoms with Crippen LogP contribution >= 0.6 is 23.5 Å². The van der Waals surface area contributed by atoms with E-state index in [-0.39, 0.29) is 12.4 Å². The second-order valence-electron chi connectivity index (χ2n) is 6.82. The Hall–Kier alpha value is -1.03. The van der Waals surface area contributed by atoms with E-state index in [1.54, 1.807) is 0 Å². The molecule has 0 aromatic carbocycles. The van der Waals surface area contributed by atoms with Crippen LogP contribution in [0.5, 0.6) is 0 Å². The molecule has 0 spiro atoms. The summed E-state index contributed by atoms with van der Waals surface area (Å²) < 4.78 is 58.0. The van der Waals surface area contributed by atoms with Gasteiger partial charge in [-0.15, -0.1) is 0 Å². The van der Waals surface area contributed by atoms with Crippen LogP contribution in [-0.4, -0.2) is 64.8 Å². The van der Waals surface area contributed by atoms with E-state index in [0.29, 0.717) is 0 Å². The number of phosphoric acid groups is 3. The van der Waals surface area contributed by atoms with Crippen molar-refractivity contribution in [1.29, 1.82) is 0 Å². The summed E-state index contributed by atoms with van der Waals surface area (Å²) in [6.07, 6.45) is -1.56. The number of hydrogen-bond donors (Lipinski definition) is 6. The molecule has 0 amide bonds. The molecule has 2 saturated heterocycles. The van der Waals surface area contributed by atoms with E-state index in [1.807, 2.05) is 0 Å². The van der Waals surface area contributed by atoms with E-state index >= 15 is 0 Å². The van der Waals surface area contributed by atoms with Gasteiger partial charge >= 0.3 is 29.2 Å². The molecule has 20 heteroatoms. The number of aliphatic hydroxyl groups is 1. The lowest BCUT2D eigenvalue weighted by Crippen LogP contribution is -2.45. The first-order chi connectivity index (χ1) is 14.0. The molecule has 176 valence electrons. The Labute approximate surface area is 172 Å². The van der Waals surface area contributed by atoms with Crippen LogP contribution < -0.4 is 11.4 Å². The van der Waals surface area contributed by atoms with Crippen LogP contribution in [0, 0.1) is 0 Å². The lowest BCUT2D eigenvalue weighted by atomic mass is 9.92. The predicted molar refractivity (Wildman–Crippen MR) is 95.9 cm³/mol. The van der Waals surface area contributed by atoms with Crippen LogP contribution in [0.15, 0.2) is 17.1 Å². The van der Waals surface area contributed by atoms with Gasteiger partial charge < -0.3 is 39.9 Å². The Balaban J connectivity index is 1.77.